The minimum Gasteiger partial charge on any atom is -0.489 e. The number of piperidine rings is 1. The highest BCUT2D eigenvalue weighted by atomic mass is 35.5. The molecule has 0 unspecified atom stereocenters. The van der Waals surface area contributed by atoms with Crippen molar-refractivity contribution in [2.24, 2.45) is 0 Å². The van der Waals surface area contributed by atoms with Crippen LogP contribution in [0.2, 0.25) is 5.02 Å². The molecule has 0 radical (unpaired) electrons. The van der Waals surface area contributed by atoms with Crippen LogP contribution in [0.3, 0.4) is 0 Å². The van der Waals surface area contributed by atoms with Gasteiger partial charge in [-0.25, -0.2) is 0 Å². The first-order chi connectivity index (χ1) is 13.5. The minimum absolute atomic E-state index is 0.192. The van der Waals surface area contributed by atoms with Crippen LogP contribution in [0.1, 0.15) is 36.0 Å². The lowest BCUT2D eigenvalue weighted by Crippen LogP contribution is -2.43. The quantitative estimate of drug-likeness (QED) is 0.785. The van der Waals surface area contributed by atoms with E-state index in [1.165, 1.54) is 11.1 Å². The highest BCUT2D eigenvalue weighted by Gasteiger charge is 2.42. The van der Waals surface area contributed by atoms with Crippen LogP contribution in [0.5, 0.6) is 5.75 Å². The van der Waals surface area contributed by atoms with E-state index in [-0.39, 0.29) is 12.0 Å². The van der Waals surface area contributed by atoms with E-state index >= 15 is 0 Å². The number of hydrogen-bond donors (Lipinski definition) is 1. The molecule has 4 rings (SSSR count). The number of hydrogen-bond acceptors (Lipinski definition) is 4. The number of nitrogens with zero attached hydrogens (tertiary/aromatic N) is 1. The Labute approximate surface area is 169 Å². The van der Waals surface area contributed by atoms with E-state index in [1.807, 2.05) is 30.3 Å². The molecule has 5 nitrogen and oxygen atoms in total. The Bertz CT molecular complexity index is 861. The zero-order valence-electron chi connectivity index (χ0n) is 15.7. The lowest BCUT2D eigenvalue weighted by atomic mass is 9.83. The van der Waals surface area contributed by atoms with E-state index in [4.69, 9.17) is 26.2 Å². The van der Waals surface area contributed by atoms with Gasteiger partial charge in [-0.3, -0.25) is 4.79 Å². The molecule has 2 aliphatic heterocycles. The smallest absolute Gasteiger partial charge is 0.304 e. The fourth-order valence-electron chi connectivity index (χ4n) is 4.12. The third-order valence-corrected chi connectivity index (χ3v) is 5.91. The van der Waals surface area contributed by atoms with Crippen molar-refractivity contribution in [3.05, 3.63) is 64.2 Å². The standard InChI is InChI=1S/C22H24ClNO4/c23-18-3-1-2-16(12-18)14-27-19-4-5-20-17(13-19)15-28-22(20)7-10-24(11-8-22)9-6-21(25)26/h1-5,12-13H,6-11,14-15H2,(H,25,26). The summed E-state index contributed by atoms with van der Waals surface area (Å²) in [6, 6.07) is 13.9. The van der Waals surface area contributed by atoms with Crippen molar-refractivity contribution < 1.29 is 19.4 Å². The molecule has 2 aromatic rings. The van der Waals surface area contributed by atoms with Crippen molar-refractivity contribution in [3.8, 4) is 5.75 Å². The fraction of sp³-hybridized carbons (Fsp3) is 0.409. The molecule has 0 atom stereocenters. The summed E-state index contributed by atoms with van der Waals surface area (Å²) in [6.07, 6.45) is 1.97. The van der Waals surface area contributed by atoms with Crippen LogP contribution >= 0.6 is 11.6 Å². The Morgan fingerprint density at radius 2 is 2.04 bits per heavy atom. The van der Waals surface area contributed by atoms with Crippen LogP contribution in [-0.2, 0) is 28.3 Å². The fourth-order valence-corrected chi connectivity index (χ4v) is 4.33. The van der Waals surface area contributed by atoms with Crippen LogP contribution < -0.4 is 4.74 Å². The Morgan fingerprint density at radius 3 is 2.79 bits per heavy atom. The number of benzene rings is 2. The predicted molar refractivity (Wildman–Crippen MR) is 107 cm³/mol. The lowest BCUT2D eigenvalue weighted by Gasteiger charge is -2.39. The summed E-state index contributed by atoms with van der Waals surface area (Å²) in [5.41, 5.74) is 3.23. The van der Waals surface area contributed by atoms with E-state index in [1.54, 1.807) is 0 Å². The zero-order valence-corrected chi connectivity index (χ0v) is 16.5. The van der Waals surface area contributed by atoms with Crippen LogP contribution in [0.4, 0.5) is 0 Å². The molecule has 0 aromatic heterocycles. The average molecular weight is 402 g/mol. The van der Waals surface area contributed by atoms with Crippen molar-refractivity contribution in [1.29, 1.82) is 0 Å². The van der Waals surface area contributed by atoms with E-state index in [9.17, 15) is 4.79 Å². The maximum absolute atomic E-state index is 10.8. The van der Waals surface area contributed by atoms with E-state index < -0.39 is 5.97 Å². The van der Waals surface area contributed by atoms with Gasteiger partial charge in [0.15, 0.2) is 0 Å². The van der Waals surface area contributed by atoms with E-state index in [0.717, 1.165) is 37.2 Å². The molecule has 0 amide bonds. The number of aliphatic carboxylic acids is 1. The van der Waals surface area contributed by atoms with Gasteiger partial charge in [-0.05, 0) is 53.8 Å². The summed E-state index contributed by atoms with van der Waals surface area (Å²) in [4.78, 5) is 13.0. The molecule has 1 fully saturated rings. The van der Waals surface area contributed by atoms with Gasteiger partial charge in [-0.2, -0.15) is 0 Å². The first-order valence-corrected chi connectivity index (χ1v) is 10.0. The first kappa shape index (κ1) is 19.2. The average Bonchev–Trinajstić information content (AvgIpc) is 3.04. The third-order valence-electron chi connectivity index (χ3n) is 5.67. The van der Waals surface area contributed by atoms with Gasteiger partial charge in [0.1, 0.15) is 12.4 Å². The SMILES string of the molecule is O=C(O)CCN1CCC2(CC1)OCc1cc(OCc3cccc(Cl)c3)ccc12. The molecule has 6 heteroatoms. The normalized spacial score (nSPS) is 18.2. The Morgan fingerprint density at radius 1 is 1.21 bits per heavy atom. The summed E-state index contributed by atoms with van der Waals surface area (Å²) in [6.45, 7) is 3.40. The molecule has 1 spiro atoms. The number of carbonyl (C=O) groups is 1. The molecule has 1 N–H and O–H groups in total. The van der Waals surface area contributed by atoms with Gasteiger partial charge in [0.05, 0.1) is 18.6 Å². The maximum Gasteiger partial charge on any atom is 0.304 e. The highest BCUT2D eigenvalue weighted by molar-refractivity contribution is 6.30. The second-order valence-electron chi connectivity index (χ2n) is 7.51. The van der Waals surface area contributed by atoms with Gasteiger partial charge < -0.3 is 19.5 Å². The number of halogens is 1. The summed E-state index contributed by atoms with van der Waals surface area (Å²) < 4.78 is 12.2. The van der Waals surface area contributed by atoms with Gasteiger partial charge in [-0.1, -0.05) is 29.8 Å². The molecular formula is C22H24ClNO4. The molecule has 2 aliphatic rings. The number of ether oxygens (including phenoxy) is 2. The molecule has 148 valence electrons. The summed E-state index contributed by atoms with van der Waals surface area (Å²) in [5.74, 6) is 0.0892. The number of rotatable bonds is 6. The molecular weight excluding hydrogens is 378 g/mol. The Hall–Kier alpha value is -2.08. The van der Waals surface area contributed by atoms with Crippen LogP contribution in [0, 0.1) is 0 Å². The third kappa shape index (κ3) is 4.17. The van der Waals surface area contributed by atoms with Gasteiger partial charge in [0, 0.05) is 24.7 Å². The Kier molecular flexibility index (Phi) is 5.58. The summed E-state index contributed by atoms with van der Waals surface area (Å²) in [7, 11) is 0. The molecule has 0 bridgehead atoms. The second kappa shape index (κ2) is 8.11. The molecule has 1 saturated heterocycles. The maximum atomic E-state index is 10.8. The highest BCUT2D eigenvalue weighted by Crippen LogP contribution is 2.45. The van der Waals surface area contributed by atoms with Gasteiger partial charge in [0.25, 0.3) is 0 Å². The minimum atomic E-state index is -0.743. The number of likely N-dealkylation sites (tertiary alicyclic amines) is 1. The molecule has 0 saturated carbocycles. The lowest BCUT2D eigenvalue weighted by molar-refractivity contribution is -0.137. The summed E-state index contributed by atoms with van der Waals surface area (Å²) >= 11 is 6.03. The largest absolute Gasteiger partial charge is 0.489 e. The van der Waals surface area contributed by atoms with E-state index in [2.05, 4.69) is 17.0 Å². The van der Waals surface area contributed by atoms with Crippen LogP contribution in [-0.4, -0.2) is 35.6 Å². The van der Waals surface area contributed by atoms with Crippen LogP contribution in [0.25, 0.3) is 0 Å². The van der Waals surface area contributed by atoms with Crippen molar-refractivity contribution in [1.82, 2.24) is 4.90 Å². The number of fused-ring (bicyclic) bond motifs is 2. The van der Waals surface area contributed by atoms with Gasteiger partial charge >= 0.3 is 5.97 Å². The second-order valence-corrected chi connectivity index (χ2v) is 7.94. The summed E-state index contributed by atoms with van der Waals surface area (Å²) in [5, 5.41) is 9.57. The van der Waals surface area contributed by atoms with Gasteiger partial charge in [-0.15, -0.1) is 0 Å². The monoisotopic (exact) mass is 401 g/mol. The molecule has 28 heavy (non-hydrogen) atoms. The van der Waals surface area contributed by atoms with Crippen LogP contribution in [0.15, 0.2) is 42.5 Å². The molecule has 2 heterocycles. The predicted octanol–water partition coefficient (Wildman–Crippen LogP) is 4.22. The van der Waals surface area contributed by atoms with Crippen molar-refractivity contribution in [2.75, 3.05) is 19.6 Å². The topological polar surface area (TPSA) is 59.0 Å². The zero-order chi connectivity index (χ0) is 19.6. The van der Waals surface area contributed by atoms with Crippen molar-refractivity contribution >= 4 is 17.6 Å². The van der Waals surface area contributed by atoms with E-state index in [0.29, 0.717) is 24.8 Å². The molecule has 0 aliphatic carbocycles. The van der Waals surface area contributed by atoms with Gasteiger partial charge in [0.2, 0.25) is 0 Å². The number of carboxylic acid groups (broad SMARTS) is 1. The van der Waals surface area contributed by atoms with Crippen molar-refractivity contribution in [3.63, 3.8) is 0 Å². The molecule has 2 aromatic carbocycles. The number of carboxylic acids is 1. The first-order valence-electron chi connectivity index (χ1n) is 9.63. The van der Waals surface area contributed by atoms with Crippen molar-refractivity contribution in [2.45, 2.75) is 38.1 Å². The Balaban J connectivity index is 1.39.